The summed E-state index contributed by atoms with van der Waals surface area (Å²) in [5.41, 5.74) is 3.07. The zero-order valence-electron chi connectivity index (χ0n) is 13.8. The van der Waals surface area contributed by atoms with E-state index < -0.39 is 0 Å². The van der Waals surface area contributed by atoms with Gasteiger partial charge in [0.2, 0.25) is 0 Å². The molecule has 4 nitrogen and oxygen atoms in total. The lowest BCUT2D eigenvalue weighted by Crippen LogP contribution is -2.28. The average molecular weight is 337 g/mol. The van der Waals surface area contributed by atoms with Gasteiger partial charge in [0.1, 0.15) is 0 Å². The lowest BCUT2D eigenvalue weighted by molar-refractivity contribution is -0.122. The van der Waals surface area contributed by atoms with E-state index in [1.807, 2.05) is 37.3 Å². The molecule has 0 saturated carbocycles. The minimum Gasteiger partial charge on any atom is -0.287 e. The van der Waals surface area contributed by atoms with Gasteiger partial charge in [-0.2, -0.15) is 0 Å². The highest BCUT2D eigenvalue weighted by Gasteiger charge is 2.32. The molecule has 5 heteroatoms. The molecule has 1 aromatic heterocycles. The summed E-state index contributed by atoms with van der Waals surface area (Å²) in [6.07, 6.45) is 6.34. The SMILES string of the molecule is CCc1ccc(/C=C2\SC(=Nc3cccnc3)N(CC)C2=O)cc1. The van der Waals surface area contributed by atoms with Crippen LogP contribution in [-0.2, 0) is 11.2 Å². The highest BCUT2D eigenvalue weighted by atomic mass is 32.2. The third-order valence-corrected chi connectivity index (χ3v) is 4.77. The van der Waals surface area contributed by atoms with Crippen molar-refractivity contribution in [1.82, 2.24) is 9.88 Å². The molecule has 1 saturated heterocycles. The van der Waals surface area contributed by atoms with Crippen LogP contribution in [0.2, 0.25) is 0 Å². The molecule has 1 amide bonds. The zero-order chi connectivity index (χ0) is 16.9. The molecule has 0 unspecified atom stereocenters. The van der Waals surface area contributed by atoms with Crippen LogP contribution in [0.15, 0.2) is 58.7 Å². The van der Waals surface area contributed by atoms with E-state index in [2.05, 4.69) is 29.0 Å². The predicted octanol–water partition coefficient (Wildman–Crippen LogP) is 4.27. The van der Waals surface area contributed by atoms with Gasteiger partial charge in [0.25, 0.3) is 5.91 Å². The van der Waals surface area contributed by atoms with Crippen LogP contribution in [0.25, 0.3) is 6.08 Å². The van der Waals surface area contributed by atoms with Gasteiger partial charge in [-0.3, -0.25) is 14.7 Å². The summed E-state index contributed by atoms with van der Waals surface area (Å²) in [5, 5.41) is 0.701. The Bertz CT molecular complexity index is 782. The standard InChI is InChI=1S/C19H19N3OS/c1-3-14-7-9-15(10-8-14)12-17-18(23)22(4-2)19(24-17)21-16-6-5-11-20-13-16/h5-13H,3-4H2,1-2H3/b17-12-,21-19?. The third kappa shape index (κ3) is 3.57. The Balaban J connectivity index is 1.89. The number of amides is 1. The van der Waals surface area contributed by atoms with Crippen LogP contribution in [0, 0.1) is 0 Å². The Kier molecular flexibility index (Phi) is 5.11. The molecule has 1 aliphatic heterocycles. The highest BCUT2D eigenvalue weighted by molar-refractivity contribution is 8.18. The van der Waals surface area contributed by atoms with Gasteiger partial charge in [-0.05, 0) is 54.4 Å². The number of aromatic nitrogens is 1. The van der Waals surface area contributed by atoms with E-state index in [0.717, 1.165) is 17.7 Å². The molecule has 0 aliphatic carbocycles. The van der Waals surface area contributed by atoms with Crippen molar-refractivity contribution < 1.29 is 4.79 Å². The molecule has 2 heterocycles. The summed E-state index contributed by atoms with van der Waals surface area (Å²) >= 11 is 1.41. The monoisotopic (exact) mass is 337 g/mol. The number of rotatable bonds is 4. The summed E-state index contributed by atoms with van der Waals surface area (Å²) in [6, 6.07) is 12.0. The summed E-state index contributed by atoms with van der Waals surface area (Å²) < 4.78 is 0. The van der Waals surface area contributed by atoms with Gasteiger partial charge in [-0.25, -0.2) is 4.99 Å². The van der Waals surface area contributed by atoms with Crippen LogP contribution in [0.1, 0.15) is 25.0 Å². The van der Waals surface area contributed by atoms with Gasteiger partial charge in [0.05, 0.1) is 16.8 Å². The second kappa shape index (κ2) is 7.45. The first-order valence-corrected chi connectivity index (χ1v) is 8.82. The Morgan fingerprint density at radius 1 is 1.21 bits per heavy atom. The fraction of sp³-hybridized carbons (Fsp3) is 0.211. The van der Waals surface area contributed by atoms with E-state index in [0.29, 0.717) is 16.6 Å². The van der Waals surface area contributed by atoms with Crippen LogP contribution in [0.5, 0.6) is 0 Å². The van der Waals surface area contributed by atoms with Gasteiger partial charge in [-0.15, -0.1) is 0 Å². The number of hydrogen-bond donors (Lipinski definition) is 0. The lowest BCUT2D eigenvalue weighted by Gasteiger charge is -2.11. The quantitative estimate of drug-likeness (QED) is 0.783. The molecule has 1 aliphatic rings. The van der Waals surface area contributed by atoms with Crippen molar-refractivity contribution in [1.29, 1.82) is 0 Å². The second-order valence-electron chi connectivity index (χ2n) is 5.36. The molecule has 2 aromatic rings. The molecule has 0 radical (unpaired) electrons. The normalized spacial score (nSPS) is 17.9. The van der Waals surface area contributed by atoms with E-state index >= 15 is 0 Å². The summed E-state index contributed by atoms with van der Waals surface area (Å²) in [5.74, 6) is 0.00436. The first-order valence-electron chi connectivity index (χ1n) is 8.00. The Hall–Kier alpha value is -2.40. The number of amidine groups is 1. The Morgan fingerprint density at radius 3 is 2.62 bits per heavy atom. The molecule has 0 spiro atoms. The fourth-order valence-electron chi connectivity index (χ4n) is 2.40. The van der Waals surface area contributed by atoms with Crippen LogP contribution in [0.3, 0.4) is 0 Å². The van der Waals surface area contributed by atoms with Crippen molar-refractivity contribution >= 4 is 34.6 Å². The molecule has 1 fully saturated rings. The summed E-state index contributed by atoms with van der Waals surface area (Å²) in [4.78, 5) is 23.6. The van der Waals surface area contributed by atoms with Gasteiger partial charge >= 0.3 is 0 Å². The molecule has 1 aromatic carbocycles. The number of carbonyl (C=O) groups is 1. The van der Waals surface area contributed by atoms with Crippen LogP contribution >= 0.6 is 11.8 Å². The number of nitrogens with zero attached hydrogens (tertiary/aromatic N) is 3. The minimum atomic E-state index is 0.00436. The Morgan fingerprint density at radius 2 is 2.00 bits per heavy atom. The van der Waals surface area contributed by atoms with Gasteiger partial charge < -0.3 is 0 Å². The summed E-state index contributed by atoms with van der Waals surface area (Å²) in [7, 11) is 0. The van der Waals surface area contributed by atoms with Gasteiger partial charge in [0, 0.05) is 12.7 Å². The zero-order valence-corrected chi connectivity index (χ0v) is 14.6. The van der Waals surface area contributed by atoms with Crippen LogP contribution in [-0.4, -0.2) is 27.5 Å². The van der Waals surface area contributed by atoms with E-state index in [4.69, 9.17) is 0 Å². The topological polar surface area (TPSA) is 45.6 Å². The maximum atomic E-state index is 12.6. The maximum absolute atomic E-state index is 12.6. The Labute approximate surface area is 146 Å². The van der Waals surface area contributed by atoms with E-state index in [-0.39, 0.29) is 5.91 Å². The van der Waals surface area contributed by atoms with Crippen molar-refractivity contribution in [3.63, 3.8) is 0 Å². The number of aliphatic imine (C=N–C) groups is 1. The number of carbonyl (C=O) groups excluding carboxylic acids is 1. The highest BCUT2D eigenvalue weighted by Crippen LogP contribution is 2.33. The number of likely N-dealkylation sites (N-methyl/N-ethyl adjacent to an activating group) is 1. The smallest absolute Gasteiger partial charge is 0.266 e. The molecule has 3 rings (SSSR count). The summed E-state index contributed by atoms with van der Waals surface area (Å²) in [6.45, 7) is 4.68. The number of hydrogen-bond acceptors (Lipinski definition) is 4. The number of pyridine rings is 1. The number of benzene rings is 1. The first-order chi connectivity index (χ1) is 11.7. The van der Waals surface area contributed by atoms with Crippen molar-refractivity contribution in [2.45, 2.75) is 20.3 Å². The van der Waals surface area contributed by atoms with Gasteiger partial charge in [0.15, 0.2) is 5.17 Å². The molecule has 122 valence electrons. The average Bonchev–Trinajstić information content (AvgIpc) is 2.91. The third-order valence-electron chi connectivity index (χ3n) is 3.76. The van der Waals surface area contributed by atoms with Crippen LogP contribution < -0.4 is 0 Å². The molecule has 24 heavy (non-hydrogen) atoms. The maximum Gasteiger partial charge on any atom is 0.266 e. The predicted molar refractivity (Wildman–Crippen MR) is 100 cm³/mol. The lowest BCUT2D eigenvalue weighted by atomic mass is 10.1. The largest absolute Gasteiger partial charge is 0.287 e. The molecular formula is C19H19N3OS. The molecular weight excluding hydrogens is 318 g/mol. The number of aryl methyl sites for hydroxylation is 1. The molecule has 0 bridgehead atoms. The van der Waals surface area contributed by atoms with Crippen molar-refractivity contribution in [2.24, 2.45) is 4.99 Å². The van der Waals surface area contributed by atoms with E-state index in [1.165, 1.54) is 17.3 Å². The van der Waals surface area contributed by atoms with E-state index in [9.17, 15) is 4.79 Å². The van der Waals surface area contributed by atoms with E-state index in [1.54, 1.807) is 17.3 Å². The van der Waals surface area contributed by atoms with Crippen molar-refractivity contribution in [3.05, 3.63) is 64.8 Å². The van der Waals surface area contributed by atoms with Gasteiger partial charge in [-0.1, -0.05) is 31.2 Å². The molecule has 0 atom stereocenters. The van der Waals surface area contributed by atoms with Crippen molar-refractivity contribution in [2.75, 3.05) is 6.54 Å². The fourth-order valence-corrected chi connectivity index (χ4v) is 3.46. The van der Waals surface area contributed by atoms with Crippen molar-refractivity contribution in [3.8, 4) is 0 Å². The van der Waals surface area contributed by atoms with Crippen LogP contribution in [0.4, 0.5) is 5.69 Å². The minimum absolute atomic E-state index is 0.00436. The second-order valence-corrected chi connectivity index (χ2v) is 6.37. The first kappa shape index (κ1) is 16.5. The number of thioether (sulfide) groups is 1. The molecule has 0 N–H and O–H groups in total.